The number of hydrogen-bond acceptors (Lipinski definition) is 4. The van der Waals surface area contributed by atoms with Crippen LogP contribution >= 0.6 is 0 Å². The highest BCUT2D eigenvalue weighted by Gasteiger charge is 2.10. The maximum atomic E-state index is 11.0. The van der Waals surface area contributed by atoms with E-state index in [1.165, 1.54) is 0 Å². The molecular formula is C6H9N3O2. The quantitative estimate of drug-likeness (QED) is 0.659. The fraction of sp³-hybridized carbons (Fsp3) is 0.500. The zero-order chi connectivity index (χ0) is 8.27. The fourth-order valence-electron chi connectivity index (χ4n) is 0.631. The number of rotatable bonds is 2. The fourth-order valence-corrected chi connectivity index (χ4v) is 0.631. The SMILES string of the molecule is CCNC(=O)c1noc(C)n1. The van der Waals surface area contributed by atoms with Crippen LogP contribution in [0.15, 0.2) is 4.52 Å². The van der Waals surface area contributed by atoms with E-state index in [2.05, 4.69) is 20.0 Å². The van der Waals surface area contributed by atoms with Gasteiger partial charge in [-0.25, -0.2) is 0 Å². The van der Waals surface area contributed by atoms with Crippen molar-refractivity contribution in [1.82, 2.24) is 15.5 Å². The number of nitrogens with zero attached hydrogens (tertiary/aromatic N) is 2. The van der Waals surface area contributed by atoms with Gasteiger partial charge in [-0.1, -0.05) is 5.16 Å². The van der Waals surface area contributed by atoms with Crippen LogP contribution in [-0.4, -0.2) is 22.6 Å². The summed E-state index contributed by atoms with van der Waals surface area (Å²) in [5.41, 5.74) is 0. The summed E-state index contributed by atoms with van der Waals surface area (Å²) in [4.78, 5) is 14.7. The molecule has 1 aromatic heterocycles. The molecule has 0 spiro atoms. The molecule has 0 aliphatic rings. The van der Waals surface area contributed by atoms with E-state index in [9.17, 15) is 4.79 Å². The summed E-state index contributed by atoms with van der Waals surface area (Å²) in [6.07, 6.45) is 0. The van der Waals surface area contributed by atoms with Crippen LogP contribution in [-0.2, 0) is 0 Å². The molecule has 0 aliphatic carbocycles. The molecule has 11 heavy (non-hydrogen) atoms. The van der Waals surface area contributed by atoms with Gasteiger partial charge in [0, 0.05) is 13.5 Å². The lowest BCUT2D eigenvalue weighted by Crippen LogP contribution is -2.23. The topological polar surface area (TPSA) is 68.0 Å². The minimum atomic E-state index is -0.302. The van der Waals surface area contributed by atoms with Crippen LogP contribution in [0.25, 0.3) is 0 Å². The number of hydrogen-bond donors (Lipinski definition) is 1. The van der Waals surface area contributed by atoms with Crippen LogP contribution in [0.3, 0.4) is 0 Å². The average molecular weight is 155 g/mol. The summed E-state index contributed by atoms with van der Waals surface area (Å²) in [7, 11) is 0. The van der Waals surface area contributed by atoms with Crippen molar-refractivity contribution < 1.29 is 9.32 Å². The predicted octanol–water partition coefficient (Wildman–Crippen LogP) is 0.128. The van der Waals surface area contributed by atoms with Crippen LogP contribution in [0.1, 0.15) is 23.4 Å². The Morgan fingerprint density at radius 2 is 2.45 bits per heavy atom. The van der Waals surface area contributed by atoms with Crippen molar-refractivity contribution in [2.45, 2.75) is 13.8 Å². The predicted molar refractivity (Wildman–Crippen MR) is 37.0 cm³/mol. The molecule has 0 aromatic carbocycles. The molecule has 1 aromatic rings. The minimum Gasteiger partial charge on any atom is -0.349 e. The van der Waals surface area contributed by atoms with Gasteiger partial charge in [0.2, 0.25) is 5.89 Å². The van der Waals surface area contributed by atoms with E-state index >= 15 is 0 Å². The number of carbonyl (C=O) groups is 1. The molecular weight excluding hydrogens is 146 g/mol. The molecule has 1 N–H and O–H groups in total. The molecule has 60 valence electrons. The van der Waals surface area contributed by atoms with Gasteiger partial charge in [0.05, 0.1) is 0 Å². The normalized spacial score (nSPS) is 9.64. The van der Waals surface area contributed by atoms with Crippen molar-refractivity contribution in [2.24, 2.45) is 0 Å². The van der Waals surface area contributed by atoms with Gasteiger partial charge in [-0.15, -0.1) is 0 Å². The molecule has 0 fully saturated rings. The second-order valence-electron chi connectivity index (χ2n) is 2.00. The van der Waals surface area contributed by atoms with Gasteiger partial charge < -0.3 is 9.84 Å². The van der Waals surface area contributed by atoms with Crippen LogP contribution < -0.4 is 5.32 Å². The van der Waals surface area contributed by atoms with Gasteiger partial charge in [-0.3, -0.25) is 4.79 Å². The third-order valence-corrected chi connectivity index (χ3v) is 1.07. The van der Waals surface area contributed by atoms with Crippen LogP contribution in [0.4, 0.5) is 0 Å². The zero-order valence-corrected chi connectivity index (χ0v) is 6.42. The molecule has 1 rings (SSSR count). The number of aryl methyl sites for hydroxylation is 1. The molecule has 0 saturated carbocycles. The van der Waals surface area contributed by atoms with Crippen molar-refractivity contribution in [1.29, 1.82) is 0 Å². The Labute approximate surface area is 63.8 Å². The first-order chi connectivity index (χ1) is 5.24. The molecule has 0 bridgehead atoms. The van der Waals surface area contributed by atoms with Crippen molar-refractivity contribution in [3.8, 4) is 0 Å². The van der Waals surface area contributed by atoms with Crippen LogP contribution in [0.5, 0.6) is 0 Å². The number of carbonyl (C=O) groups excluding carboxylic acids is 1. The van der Waals surface area contributed by atoms with E-state index in [0.29, 0.717) is 12.4 Å². The maximum absolute atomic E-state index is 11.0. The van der Waals surface area contributed by atoms with E-state index in [-0.39, 0.29) is 11.7 Å². The molecule has 0 radical (unpaired) electrons. The Morgan fingerprint density at radius 1 is 1.73 bits per heavy atom. The lowest BCUT2D eigenvalue weighted by atomic mass is 10.5. The van der Waals surface area contributed by atoms with Crippen molar-refractivity contribution in [3.05, 3.63) is 11.7 Å². The van der Waals surface area contributed by atoms with Crippen molar-refractivity contribution in [2.75, 3.05) is 6.54 Å². The first-order valence-corrected chi connectivity index (χ1v) is 3.32. The standard InChI is InChI=1S/C6H9N3O2/c1-3-7-6(10)5-8-4(2)11-9-5/h3H2,1-2H3,(H,7,10). The summed E-state index contributed by atoms with van der Waals surface area (Å²) < 4.78 is 4.61. The Morgan fingerprint density at radius 3 is 2.91 bits per heavy atom. The number of aromatic nitrogens is 2. The minimum absolute atomic E-state index is 0.0874. The Hall–Kier alpha value is -1.39. The summed E-state index contributed by atoms with van der Waals surface area (Å²) in [6.45, 7) is 4.02. The third-order valence-electron chi connectivity index (χ3n) is 1.07. The molecule has 0 atom stereocenters. The largest absolute Gasteiger partial charge is 0.349 e. The van der Waals surface area contributed by atoms with Gasteiger partial charge in [0.25, 0.3) is 11.7 Å². The molecule has 0 unspecified atom stereocenters. The van der Waals surface area contributed by atoms with Gasteiger partial charge in [0.1, 0.15) is 0 Å². The molecule has 5 nitrogen and oxygen atoms in total. The third kappa shape index (κ3) is 1.76. The summed E-state index contributed by atoms with van der Waals surface area (Å²) in [5.74, 6) is 0.181. The van der Waals surface area contributed by atoms with Gasteiger partial charge in [-0.2, -0.15) is 4.98 Å². The summed E-state index contributed by atoms with van der Waals surface area (Å²) in [6, 6.07) is 0. The highest BCUT2D eigenvalue weighted by atomic mass is 16.5. The molecule has 0 saturated heterocycles. The summed E-state index contributed by atoms with van der Waals surface area (Å²) >= 11 is 0. The van der Waals surface area contributed by atoms with Crippen LogP contribution in [0.2, 0.25) is 0 Å². The lowest BCUT2D eigenvalue weighted by Gasteiger charge is -1.92. The second kappa shape index (κ2) is 3.14. The van der Waals surface area contributed by atoms with E-state index in [1.54, 1.807) is 6.92 Å². The first-order valence-electron chi connectivity index (χ1n) is 3.32. The van der Waals surface area contributed by atoms with E-state index < -0.39 is 0 Å². The zero-order valence-electron chi connectivity index (χ0n) is 6.42. The highest BCUT2D eigenvalue weighted by molar-refractivity contribution is 5.90. The van der Waals surface area contributed by atoms with Crippen molar-refractivity contribution >= 4 is 5.91 Å². The number of amides is 1. The molecule has 0 aliphatic heterocycles. The Kier molecular flexibility index (Phi) is 2.20. The Bertz CT molecular complexity index is 256. The van der Waals surface area contributed by atoms with E-state index in [4.69, 9.17) is 0 Å². The second-order valence-corrected chi connectivity index (χ2v) is 2.00. The maximum Gasteiger partial charge on any atom is 0.292 e. The van der Waals surface area contributed by atoms with Crippen LogP contribution in [0, 0.1) is 6.92 Å². The average Bonchev–Trinajstić information content (AvgIpc) is 2.36. The molecule has 1 amide bonds. The first kappa shape index (κ1) is 7.71. The lowest BCUT2D eigenvalue weighted by molar-refractivity contribution is 0.0942. The smallest absolute Gasteiger partial charge is 0.292 e. The van der Waals surface area contributed by atoms with Gasteiger partial charge in [0.15, 0.2) is 0 Å². The van der Waals surface area contributed by atoms with E-state index in [0.717, 1.165) is 0 Å². The summed E-state index contributed by atoms with van der Waals surface area (Å²) in [5, 5.41) is 5.99. The number of nitrogens with one attached hydrogen (secondary N) is 1. The Balaban J connectivity index is 2.69. The van der Waals surface area contributed by atoms with E-state index in [1.807, 2.05) is 6.92 Å². The van der Waals surface area contributed by atoms with Gasteiger partial charge >= 0.3 is 0 Å². The highest BCUT2D eigenvalue weighted by Crippen LogP contribution is 1.93. The monoisotopic (exact) mass is 155 g/mol. The van der Waals surface area contributed by atoms with Gasteiger partial charge in [-0.05, 0) is 6.92 Å². The molecule has 1 heterocycles. The van der Waals surface area contributed by atoms with Crippen molar-refractivity contribution in [3.63, 3.8) is 0 Å². The molecule has 5 heteroatoms.